The first-order chi connectivity index (χ1) is 8.04. The normalized spacial score (nSPS) is 25.3. The number of hydrogen-bond acceptors (Lipinski definition) is 4. The Kier molecular flexibility index (Phi) is 5.89. The predicted octanol–water partition coefficient (Wildman–Crippen LogP) is 1.22. The van der Waals surface area contributed by atoms with Crippen molar-refractivity contribution in [3.05, 3.63) is 0 Å². The summed E-state index contributed by atoms with van der Waals surface area (Å²) in [6, 6.07) is 0. The van der Waals surface area contributed by atoms with E-state index in [1.807, 2.05) is 0 Å². The first-order valence-electron chi connectivity index (χ1n) is 6.52. The van der Waals surface area contributed by atoms with Crippen molar-refractivity contribution in [3.8, 4) is 0 Å². The molecule has 1 unspecified atom stereocenters. The predicted molar refractivity (Wildman–Crippen MR) is 70.0 cm³/mol. The highest BCUT2D eigenvalue weighted by molar-refractivity contribution is 7.91. The minimum Gasteiger partial charge on any atom is -0.381 e. The SMILES string of the molecule is CCNCC1(CCCS(=O)(=O)CC)CCOC1. The van der Waals surface area contributed by atoms with Crippen LogP contribution in [0.4, 0.5) is 0 Å². The summed E-state index contributed by atoms with van der Waals surface area (Å²) in [4.78, 5) is 0. The highest BCUT2D eigenvalue weighted by Gasteiger charge is 2.34. The highest BCUT2D eigenvalue weighted by atomic mass is 32.2. The maximum atomic E-state index is 11.4. The summed E-state index contributed by atoms with van der Waals surface area (Å²) in [6.45, 7) is 7.27. The molecule has 0 spiro atoms. The van der Waals surface area contributed by atoms with Gasteiger partial charge < -0.3 is 10.1 Å². The van der Waals surface area contributed by atoms with Gasteiger partial charge in [-0.25, -0.2) is 8.42 Å². The third-order valence-electron chi connectivity index (χ3n) is 3.54. The van der Waals surface area contributed by atoms with Crippen molar-refractivity contribution in [1.29, 1.82) is 0 Å². The van der Waals surface area contributed by atoms with Crippen LogP contribution in [0.15, 0.2) is 0 Å². The van der Waals surface area contributed by atoms with E-state index in [-0.39, 0.29) is 11.2 Å². The summed E-state index contributed by atoms with van der Waals surface area (Å²) in [5.74, 6) is 0.571. The molecular weight excluding hydrogens is 238 g/mol. The quantitative estimate of drug-likeness (QED) is 0.715. The van der Waals surface area contributed by atoms with Crippen LogP contribution < -0.4 is 5.32 Å². The average Bonchev–Trinajstić information content (AvgIpc) is 2.75. The van der Waals surface area contributed by atoms with Crippen LogP contribution in [0.3, 0.4) is 0 Å². The second kappa shape index (κ2) is 6.71. The number of nitrogens with one attached hydrogen (secondary N) is 1. The monoisotopic (exact) mass is 263 g/mol. The third-order valence-corrected chi connectivity index (χ3v) is 5.33. The van der Waals surface area contributed by atoms with Gasteiger partial charge in [0.05, 0.1) is 12.4 Å². The summed E-state index contributed by atoms with van der Waals surface area (Å²) in [5.41, 5.74) is 0.166. The molecule has 1 fully saturated rings. The van der Waals surface area contributed by atoms with Gasteiger partial charge in [0, 0.05) is 24.3 Å². The van der Waals surface area contributed by atoms with E-state index >= 15 is 0 Å². The van der Waals surface area contributed by atoms with Crippen molar-refractivity contribution in [2.24, 2.45) is 5.41 Å². The van der Waals surface area contributed by atoms with E-state index in [0.29, 0.717) is 5.75 Å². The number of sulfone groups is 1. The molecule has 0 bridgehead atoms. The summed E-state index contributed by atoms with van der Waals surface area (Å²) >= 11 is 0. The van der Waals surface area contributed by atoms with Gasteiger partial charge >= 0.3 is 0 Å². The van der Waals surface area contributed by atoms with E-state index in [1.165, 1.54) is 0 Å². The molecule has 4 nitrogen and oxygen atoms in total. The molecule has 5 heteroatoms. The van der Waals surface area contributed by atoms with Crippen LogP contribution in [-0.2, 0) is 14.6 Å². The molecule has 0 saturated carbocycles. The van der Waals surface area contributed by atoms with Gasteiger partial charge in [0.25, 0.3) is 0 Å². The number of ether oxygens (including phenoxy) is 1. The van der Waals surface area contributed by atoms with Crippen molar-refractivity contribution in [2.45, 2.75) is 33.1 Å². The lowest BCUT2D eigenvalue weighted by molar-refractivity contribution is 0.144. The fraction of sp³-hybridized carbons (Fsp3) is 1.00. The fourth-order valence-electron chi connectivity index (χ4n) is 2.28. The number of hydrogen-bond donors (Lipinski definition) is 1. The molecule has 1 N–H and O–H groups in total. The second-order valence-electron chi connectivity index (χ2n) is 4.92. The lowest BCUT2D eigenvalue weighted by Crippen LogP contribution is -2.35. The van der Waals surface area contributed by atoms with Gasteiger partial charge in [0.2, 0.25) is 0 Å². The topological polar surface area (TPSA) is 55.4 Å². The second-order valence-corrected chi connectivity index (χ2v) is 7.40. The summed E-state index contributed by atoms with van der Waals surface area (Å²) in [6.07, 6.45) is 2.75. The van der Waals surface area contributed by atoms with Gasteiger partial charge in [-0.05, 0) is 25.8 Å². The van der Waals surface area contributed by atoms with Crippen LogP contribution in [0.5, 0.6) is 0 Å². The zero-order chi connectivity index (χ0) is 12.8. The Morgan fingerprint density at radius 1 is 1.35 bits per heavy atom. The maximum absolute atomic E-state index is 11.4. The molecule has 17 heavy (non-hydrogen) atoms. The first kappa shape index (κ1) is 14.9. The molecule has 0 amide bonds. The van der Waals surface area contributed by atoms with Crippen LogP contribution in [0.2, 0.25) is 0 Å². The van der Waals surface area contributed by atoms with Gasteiger partial charge in [-0.2, -0.15) is 0 Å². The molecule has 1 rings (SSSR count). The van der Waals surface area contributed by atoms with Crippen molar-refractivity contribution in [1.82, 2.24) is 5.32 Å². The van der Waals surface area contributed by atoms with Crippen LogP contribution in [-0.4, -0.2) is 46.2 Å². The third kappa shape index (κ3) is 4.94. The lowest BCUT2D eigenvalue weighted by Gasteiger charge is -2.27. The van der Waals surface area contributed by atoms with Gasteiger partial charge in [0.1, 0.15) is 9.84 Å². The fourth-order valence-corrected chi connectivity index (χ4v) is 3.15. The Balaban J connectivity index is 2.40. The van der Waals surface area contributed by atoms with Gasteiger partial charge in [-0.15, -0.1) is 0 Å². The largest absolute Gasteiger partial charge is 0.381 e. The van der Waals surface area contributed by atoms with Crippen molar-refractivity contribution in [3.63, 3.8) is 0 Å². The first-order valence-corrected chi connectivity index (χ1v) is 8.34. The molecule has 1 heterocycles. The van der Waals surface area contributed by atoms with Crippen molar-refractivity contribution < 1.29 is 13.2 Å². The Morgan fingerprint density at radius 2 is 2.12 bits per heavy atom. The van der Waals surface area contributed by atoms with Gasteiger partial charge in [-0.1, -0.05) is 13.8 Å². The molecule has 1 atom stereocenters. The summed E-state index contributed by atoms with van der Waals surface area (Å²) in [7, 11) is -2.82. The zero-order valence-electron chi connectivity index (χ0n) is 11.0. The van der Waals surface area contributed by atoms with Gasteiger partial charge in [-0.3, -0.25) is 0 Å². The van der Waals surface area contributed by atoms with Crippen LogP contribution in [0.1, 0.15) is 33.1 Å². The maximum Gasteiger partial charge on any atom is 0.150 e. The molecule has 0 radical (unpaired) electrons. The molecule has 1 saturated heterocycles. The molecule has 0 aromatic carbocycles. The Labute approximate surface area is 105 Å². The van der Waals surface area contributed by atoms with E-state index in [0.717, 1.165) is 45.6 Å². The Morgan fingerprint density at radius 3 is 2.65 bits per heavy atom. The van der Waals surface area contributed by atoms with Crippen LogP contribution in [0, 0.1) is 5.41 Å². The average molecular weight is 263 g/mol. The molecule has 102 valence electrons. The summed E-state index contributed by atoms with van der Waals surface area (Å²) in [5, 5.41) is 3.36. The van der Waals surface area contributed by atoms with E-state index in [2.05, 4.69) is 12.2 Å². The molecular formula is C12H25NO3S. The number of rotatable bonds is 8. The molecule has 0 aromatic heterocycles. The minimum atomic E-state index is -2.82. The Bertz CT molecular complexity index is 308. The highest BCUT2D eigenvalue weighted by Crippen LogP contribution is 2.33. The molecule has 1 aliphatic heterocycles. The van der Waals surface area contributed by atoms with Crippen LogP contribution in [0.25, 0.3) is 0 Å². The zero-order valence-corrected chi connectivity index (χ0v) is 11.8. The van der Waals surface area contributed by atoms with E-state index < -0.39 is 9.84 Å². The van der Waals surface area contributed by atoms with Crippen LogP contribution >= 0.6 is 0 Å². The van der Waals surface area contributed by atoms with E-state index in [9.17, 15) is 8.42 Å². The minimum absolute atomic E-state index is 0.166. The summed E-state index contributed by atoms with van der Waals surface area (Å²) < 4.78 is 28.4. The lowest BCUT2D eigenvalue weighted by atomic mass is 9.82. The molecule has 0 aliphatic carbocycles. The Hall–Kier alpha value is -0.130. The van der Waals surface area contributed by atoms with Gasteiger partial charge in [0.15, 0.2) is 0 Å². The molecule has 0 aromatic rings. The van der Waals surface area contributed by atoms with Crippen molar-refractivity contribution >= 4 is 9.84 Å². The van der Waals surface area contributed by atoms with E-state index in [1.54, 1.807) is 6.92 Å². The smallest absolute Gasteiger partial charge is 0.150 e. The standard InChI is InChI=1S/C12H25NO3S/c1-3-13-10-12(7-8-16-11-12)6-5-9-17(14,15)4-2/h13H,3-11H2,1-2H3. The van der Waals surface area contributed by atoms with Crippen molar-refractivity contribution in [2.75, 3.05) is 37.8 Å². The molecule has 1 aliphatic rings. The van der Waals surface area contributed by atoms with E-state index in [4.69, 9.17) is 4.74 Å².